The summed E-state index contributed by atoms with van der Waals surface area (Å²) in [6.45, 7) is 0.260. The lowest BCUT2D eigenvalue weighted by Gasteiger charge is -2.03. The number of carbonyl (C=O) groups excluding carboxylic acids is 1. The third kappa shape index (κ3) is 3.42. The molecule has 3 aromatic rings. The van der Waals surface area contributed by atoms with Gasteiger partial charge in [-0.05, 0) is 36.4 Å². The van der Waals surface area contributed by atoms with Crippen LogP contribution in [0.5, 0.6) is 0 Å². The average Bonchev–Trinajstić information content (AvgIpc) is 2.94. The predicted octanol–water partition coefficient (Wildman–Crippen LogP) is 2.55. The summed E-state index contributed by atoms with van der Waals surface area (Å²) >= 11 is 0. The Morgan fingerprint density at radius 1 is 1.22 bits per heavy atom. The van der Waals surface area contributed by atoms with Gasteiger partial charge in [0.25, 0.3) is 5.91 Å². The van der Waals surface area contributed by atoms with Gasteiger partial charge in [0.15, 0.2) is 0 Å². The Bertz CT molecular complexity index is 830. The number of aromatic nitrogens is 3. The number of carbonyl (C=O) groups is 1. The largest absolute Gasteiger partial charge is 0.346 e. The Kier molecular flexibility index (Phi) is 4.14. The molecular formula is C17H15FN4O. The van der Waals surface area contributed by atoms with Gasteiger partial charge in [-0.25, -0.2) is 4.39 Å². The molecule has 0 bridgehead atoms. The number of nitrogens with zero attached hydrogens (tertiary/aromatic N) is 3. The summed E-state index contributed by atoms with van der Waals surface area (Å²) in [5.74, 6) is -0.775. The topological polar surface area (TPSA) is 59.8 Å². The summed E-state index contributed by atoms with van der Waals surface area (Å²) in [4.78, 5) is 16.3. The van der Waals surface area contributed by atoms with E-state index in [1.807, 2.05) is 31.3 Å². The molecular weight excluding hydrogens is 295 g/mol. The maximum absolute atomic E-state index is 13.1. The van der Waals surface area contributed by atoms with E-state index in [1.165, 1.54) is 18.2 Å². The van der Waals surface area contributed by atoms with Crippen molar-refractivity contribution in [2.75, 3.05) is 0 Å². The first kappa shape index (κ1) is 14.9. The van der Waals surface area contributed by atoms with Gasteiger partial charge in [0.1, 0.15) is 5.82 Å². The van der Waals surface area contributed by atoms with Crippen molar-refractivity contribution in [3.05, 3.63) is 71.8 Å². The molecule has 2 aromatic heterocycles. The number of hydrogen-bond acceptors (Lipinski definition) is 3. The van der Waals surface area contributed by atoms with Crippen molar-refractivity contribution in [2.45, 2.75) is 6.54 Å². The number of nitrogens with one attached hydrogen (secondary N) is 1. The van der Waals surface area contributed by atoms with E-state index in [-0.39, 0.29) is 18.0 Å². The third-order valence-electron chi connectivity index (χ3n) is 3.37. The molecule has 1 aromatic carbocycles. The minimum Gasteiger partial charge on any atom is -0.346 e. The van der Waals surface area contributed by atoms with Crippen LogP contribution in [0.25, 0.3) is 11.4 Å². The number of pyridine rings is 1. The molecule has 3 rings (SSSR count). The Morgan fingerprint density at radius 2 is 2.09 bits per heavy atom. The van der Waals surface area contributed by atoms with E-state index in [4.69, 9.17) is 0 Å². The van der Waals surface area contributed by atoms with Crippen LogP contribution in [0.2, 0.25) is 0 Å². The molecule has 0 spiro atoms. The molecule has 0 aliphatic rings. The van der Waals surface area contributed by atoms with Gasteiger partial charge in [0, 0.05) is 18.8 Å². The van der Waals surface area contributed by atoms with Crippen LogP contribution in [0, 0.1) is 5.82 Å². The van der Waals surface area contributed by atoms with Gasteiger partial charge in [0.05, 0.1) is 23.6 Å². The highest BCUT2D eigenvalue weighted by Crippen LogP contribution is 2.16. The summed E-state index contributed by atoms with van der Waals surface area (Å²) < 4.78 is 14.8. The lowest BCUT2D eigenvalue weighted by Crippen LogP contribution is -2.23. The SMILES string of the molecule is Cn1nc(CNC(=O)c2cccc(F)c2)cc1-c1ccccn1. The van der Waals surface area contributed by atoms with Crippen molar-refractivity contribution in [1.82, 2.24) is 20.1 Å². The number of rotatable bonds is 4. The Balaban J connectivity index is 1.71. The standard InChI is InChI=1S/C17H15FN4O/c1-22-16(15-7-2-3-8-19-15)10-14(21-22)11-20-17(23)12-5-4-6-13(18)9-12/h2-10H,11H2,1H3,(H,20,23). The smallest absolute Gasteiger partial charge is 0.251 e. The molecule has 2 heterocycles. The molecule has 0 saturated carbocycles. The van der Waals surface area contributed by atoms with Gasteiger partial charge in [0.2, 0.25) is 0 Å². The van der Waals surface area contributed by atoms with Crippen LogP contribution in [-0.2, 0) is 13.6 Å². The summed E-state index contributed by atoms with van der Waals surface area (Å²) in [7, 11) is 1.82. The number of benzene rings is 1. The van der Waals surface area contributed by atoms with Crippen LogP contribution < -0.4 is 5.32 Å². The van der Waals surface area contributed by atoms with Crippen molar-refractivity contribution in [3.8, 4) is 11.4 Å². The molecule has 23 heavy (non-hydrogen) atoms. The first-order valence-corrected chi connectivity index (χ1v) is 7.11. The molecule has 116 valence electrons. The van der Waals surface area contributed by atoms with Crippen molar-refractivity contribution in [3.63, 3.8) is 0 Å². The van der Waals surface area contributed by atoms with Crippen molar-refractivity contribution in [1.29, 1.82) is 0 Å². The van der Waals surface area contributed by atoms with E-state index in [2.05, 4.69) is 15.4 Å². The van der Waals surface area contributed by atoms with Gasteiger partial charge in [-0.2, -0.15) is 5.10 Å². The second-order valence-electron chi connectivity index (χ2n) is 5.05. The molecule has 0 radical (unpaired) electrons. The minimum absolute atomic E-state index is 0.260. The predicted molar refractivity (Wildman–Crippen MR) is 84.0 cm³/mol. The highest BCUT2D eigenvalue weighted by molar-refractivity contribution is 5.94. The Morgan fingerprint density at radius 3 is 2.83 bits per heavy atom. The van der Waals surface area contributed by atoms with E-state index in [0.29, 0.717) is 5.69 Å². The van der Waals surface area contributed by atoms with Gasteiger partial charge < -0.3 is 5.32 Å². The summed E-state index contributed by atoms with van der Waals surface area (Å²) in [6, 6.07) is 13.1. The van der Waals surface area contributed by atoms with Gasteiger partial charge in [-0.1, -0.05) is 12.1 Å². The molecule has 6 heteroatoms. The monoisotopic (exact) mass is 310 g/mol. The van der Waals surface area contributed by atoms with Crippen molar-refractivity contribution < 1.29 is 9.18 Å². The van der Waals surface area contributed by atoms with Crippen LogP contribution in [-0.4, -0.2) is 20.7 Å². The molecule has 5 nitrogen and oxygen atoms in total. The molecule has 0 saturated heterocycles. The molecule has 0 aliphatic carbocycles. The summed E-state index contributed by atoms with van der Waals surface area (Å²) in [5.41, 5.74) is 2.66. The number of aryl methyl sites for hydroxylation is 1. The molecule has 1 N–H and O–H groups in total. The highest BCUT2D eigenvalue weighted by Gasteiger charge is 2.10. The maximum atomic E-state index is 13.1. The number of amides is 1. The Labute approximate surface area is 132 Å². The minimum atomic E-state index is -0.437. The van der Waals surface area contributed by atoms with E-state index < -0.39 is 5.82 Å². The van der Waals surface area contributed by atoms with E-state index in [1.54, 1.807) is 16.9 Å². The van der Waals surface area contributed by atoms with Gasteiger partial charge >= 0.3 is 0 Å². The quantitative estimate of drug-likeness (QED) is 0.805. The maximum Gasteiger partial charge on any atom is 0.251 e. The lowest BCUT2D eigenvalue weighted by molar-refractivity contribution is 0.0950. The Hall–Kier alpha value is -3.02. The van der Waals surface area contributed by atoms with Crippen LogP contribution in [0.3, 0.4) is 0 Å². The van der Waals surface area contributed by atoms with E-state index in [0.717, 1.165) is 11.4 Å². The molecule has 0 aliphatic heterocycles. The number of halogens is 1. The number of hydrogen-bond donors (Lipinski definition) is 1. The fourth-order valence-corrected chi connectivity index (χ4v) is 2.27. The molecule has 0 fully saturated rings. The zero-order valence-electron chi connectivity index (χ0n) is 12.5. The van der Waals surface area contributed by atoms with Gasteiger partial charge in [-0.3, -0.25) is 14.5 Å². The molecule has 0 atom stereocenters. The van der Waals surface area contributed by atoms with Crippen LogP contribution in [0.15, 0.2) is 54.7 Å². The lowest BCUT2D eigenvalue weighted by atomic mass is 10.2. The zero-order valence-corrected chi connectivity index (χ0v) is 12.5. The molecule has 0 unspecified atom stereocenters. The second kappa shape index (κ2) is 6.39. The fraction of sp³-hybridized carbons (Fsp3) is 0.118. The van der Waals surface area contributed by atoms with Crippen LogP contribution >= 0.6 is 0 Å². The highest BCUT2D eigenvalue weighted by atomic mass is 19.1. The van der Waals surface area contributed by atoms with Crippen molar-refractivity contribution in [2.24, 2.45) is 7.05 Å². The normalized spacial score (nSPS) is 10.5. The third-order valence-corrected chi connectivity index (χ3v) is 3.37. The van der Waals surface area contributed by atoms with Crippen LogP contribution in [0.4, 0.5) is 4.39 Å². The second-order valence-corrected chi connectivity index (χ2v) is 5.05. The zero-order chi connectivity index (χ0) is 16.2. The first-order chi connectivity index (χ1) is 11.1. The average molecular weight is 310 g/mol. The van der Waals surface area contributed by atoms with Gasteiger partial charge in [-0.15, -0.1) is 0 Å². The van der Waals surface area contributed by atoms with Crippen LogP contribution in [0.1, 0.15) is 16.1 Å². The summed E-state index contributed by atoms with van der Waals surface area (Å²) in [5, 5.41) is 7.09. The van der Waals surface area contributed by atoms with E-state index in [9.17, 15) is 9.18 Å². The fourth-order valence-electron chi connectivity index (χ4n) is 2.27. The first-order valence-electron chi connectivity index (χ1n) is 7.11. The van der Waals surface area contributed by atoms with Crippen molar-refractivity contribution >= 4 is 5.91 Å². The summed E-state index contributed by atoms with van der Waals surface area (Å²) in [6.07, 6.45) is 1.72. The van der Waals surface area contributed by atoms with E-state index >= 15 is 0 Å². The molecule has 1 amide bonds.